The topological polar surface area (TPSA) is 76.9 Å². The van der Waals surface area contributed by atoms with Gasteiger partial charge in [0.2, 0.25) is 0 Å². The van der Waals surface area contributed by atoms with Gasteiger partial charge in [-0.1, -0.05) is 6.92 Å². The molecule has 1 amide bonds. The fourth-order valence-corrected chi connectivity index (χ4v) is 3.96. The number of carbonyl (C=O) groups is 1. The van der Waals surface area contributed by atoms with Crippen molar-refractivity contribution in [1.82, 2.24) is 14.5 Å². The van der Waals surface area contributed by atoms with E-state index >= 15 is 0 Å². The summed E-state index contributed by atoms with van der Waals surface area (Å²) < 4.78 is 1.55. The van der Waals surface area contributed by atoms with Crippen LogP contribution in [0.5, 0.6) is 0 Å². The number of amides is 1. The Morgan fingerprint density at radius 3 is 2.68 bits per heavy atom. The molecule has 0 aliphatic carbocycles. The van der Waals surface area contributed by atoms with Gasteiger partial charge in [-0.05, 0) is 32.4 Å². The lowest BCUT2D eigenvalue weighted by atomic mass is 10.1. The Bertz CT molecular complexity index is 1020. The number of hydrogen-bond acceptors (Lipinski definition) is 5. The fourth-order valence-electron chi connectivity index (χ4n) is 2.81. The molecule has 0 atom stereocenters. The molecule has 25 heavy (non-hydrogen) atoms. The first-order valence-corrected chi connectivity index (χ1v) is 9.04. The van der Waals surface area contributed by atoms with Crippen molar-refractivity contribution in [2.45, 2.75) is 40.7 Å². The first-order chi connectivity index (χ1) is 11.9. The first kappa shape index (κ1) is 17.3. The number of anilines is 1. The largest absolute Gasteiger partial charge is 0.320 e. The highest BCUT2D eigenvalue weighted by Crippen LogP contribution is 2.31. The zero-order valence-corrected chi connectivity index (χ0v) is 15.5. The van der Waals surface area contributed by atoms with Crippen molar-refractivity contribution in [1.29, 1.82) is 0 Å². The van der Waals surface area contributed by atoms with Crippen molar-refractivity contribution in [2.75, 3.05) is 5.32 Å². The zero-order chi connectivity index (χ0) is 18.1. The summed E-state index contributed by atoms with van der Waals surface area (Å²) in [5.74, 6) is 0.590. The molecule has 0 saturated carbocycles. The quantitative estimate of drug-likeness (QED) is 0.778. The van der Waals surface area contributed by atoms with Gasteiger partial charge in [0.15, 0.2) is 0 Å². The summed E-state index contributed by atoms with van der Waals surface area (Å²) in [5.41, 5.74) is 2.30. The van der Waals surface area contributed by atoms with E-state index < -0.39 is 0 Å². The van der Waals surface area contributed by atoms with Gasteiger partial charge in [0, 0.05) is 36.3 Å². The third kappa shape index (κ3) is 3.19. The van der Waals surface area contributed by atoms with Crippen LogP contribution in [0.1, 0.15) is 40.6 Å². The standard InChI is InChI=1S/C18H20N4O2S/c1-5-13-19-11(4)15-10(3)16(25-18(15)21-13)17(24)20-12-7-8-14(23)22(6-2)9-12/h7-9H,5-6H2,1-4H3,(H,20,24). The number of fused-ring (bicyclic) bond motifs is 1. The monoisotopic (exact) mass is 356 g/mol. The van der Waals surface area contributed by atoms with Gasteiger partial charge in [-0.25, -0.2) is 9.97 Å². The maximum absolute atomic E-state index is 12.7. The number of pyridine rings is 1. The lowest BCUT2D eigenvalue weighted by molar-refractivity contribution is 0.103. The molecular weight excluding hydrogens is 336 g/mol. The molecule has 3 aromatic rings. The van der Waals surface area contributed by atoms with Crippen molar-refractivity contribution < 1.29 is 4.79 Å². The van der Waals surface area contributed by atoms with Crippen LogP contribution in [0.25, 0.3) is 10.2 Å². The minimum absolute atomic E-state index is 0.0865. The Balaban J connectivity index is 1.98. The molecule has 0 fully saturated rings. The predicted molar refractivity (Wildman–Crippen MR) is 101 cm³/mol. The van der Waals surface area contributed by atoms with Crippen molar-refractivity contribution in [3.63, 3.8) is 0 Å². The Kier molecular flexibility index (Phi) is 4.67. The van der Waals surface area contributed by atoms with Crippen LogP contribution >= 0.6 is 11.3 Å². The van der Waals surface area contributed by atoms with Crippen LogP contribution in [0.3, 0.4) is 0 Å². The van der Waals surface area contributed by atoms with Gasteiger partial charge in [0.05, 0.1) is 10.6 Å². The minimum Gasteiger partial charge on any atom is -0.320 e. The Labute approximate surface area is 149 Å². The molecular formula is C18H20N4O2S. The van der Waals surface area contributed by atoms with E-state index in [1.54, 1.807) is 16.8 Å². The number of hydrogen-bond donors (Lipinski definition) is 1. The molecule has 0 saturated heterocycles. The maximum atomic E-state index is 12.7. The Hall–Kier alpha value is -2.54. The molecule has 7 heteroatoms. The molecule has 0 aliphatic heterocycles. The van der Waals surface area contributed by atoms with E-state index in [0.29, 0.717) is 17.1 Å². The van der Waals surface area contributed by atoms with Crippen molar-refractivity contribution >= 4 is 33.1 Å². The molecule has 3 aromatic heterocycles. The second kappa shape index (κ2) is 6.76. The average Bonchev–Trinajstić information content (AvgIpc) is 2.93. The summed E-state index contributed by atoms with van der Waals surface area (Å²) in [7, 11) is 0. The number of rotatable bonds is 4. The molecule has 3 rings (SSSR count). The van der Waals surface area contributed by atoms with Crippen LogP contribution in [0.4, 0.5) is 5.69 Å². The number of nitrogens with one attached hydrogen (secondary N) is 1. The summed E-state index contributed by atoms with van der Waals surface area (Å²) in [6.45, 7) is 8.32. The second-order valence-electron chi connectivity index (χ2n) is 5.81. The molecule has 3 heterocycles. The summed E-state index contributed by atoms with van der Waals surface area (Å²) in [6.07, 6.45) is 2.41. The summed E-state index contributed by atoms with van der Waals surface area (Å²) in [4.78, 5) is 34.9. The maximum Gasteiger partial charge on any atom is 0.266 e. The number of aromatic nitrogens is 3. The normalized spacial score (nSPS) is 11.0. The van der Waals surface area contributed by atoms with Gasteiger partial charge in [0.1, 0.15) is 10.7 Å². The Morgan fingerprint density at radius 2 is 2.00 bits per heavy atom. The molecule has 0 spiro atoms. The van der Waals surface area contributed by atoms with Crippen LogP contribution in [-0.4, -0.2) is 20.4 Å². The lowest BCUT2D eigenvalue weighted by Gasteiger charge is -2.07. The third-order valence-corrected chi connectivity index (χ3v) is 5.31. The summed E-state index contributed by atoms with van der Waals surface area (Å²) in [5, 5.41) is 3.82. The van der Waals surface area contributed by atoms with Gasteiger partial charge >= 0.3 is 0 Å². The molecule has 0 unspecified atom stereocenters. The van der Waals surface area contributed by atoms with Gasteiger partial charge in [-0.3, -0.25) is 9.59 Å². The molecule has 6 nitrogen and oxygen atoms in total. The second-order valence-corrected chi connectivity index (χ2v) is 6.81. The van der Waals surface area contributed by atoms with Crippen LogP contribution in [-0.2, 0) is 13.0 Å². The molecule has 0 aromatic carbocycles. The third-order valence-electron chi connectivity index (χ3n) is 4.12. The summed E-state index contributed by atoms with van der Waals surface area (Å²) in [6, 6.07) is 3.08. The predicted octanol–water partition coefficient (Wildman–Crippen LogP) is 3.30. The number of thiophene rings is 1. The molecule has 0 aliphatic rings. The molecule has 1 N–H and O–H groups in total. The van der Waals surface area contributed by atoms with Gasteiger partial charge in [-0.2, -0.15) is 0 Å². The number of aryl methyl sites for hydroxylation is 4. The van der Waals surface area contributed by atoms with E-state index in [-0.39, 0.29) is 11.5 Å². The van der Waals surface area contributed by atoms with Crippen LogP contribution in [0.15, 0.2) is 23.1 Å². The highest BCUT2D eigenvalue weighted by atomic mass is 32.1. The van der Waals surface area contributed by atoms with Crippen molar-refractivity contribution in [2.24, 2.45) is 0 Å². The van der Waals surface area contributed by atoms with Crippen molar-refractivity contribution in [3.8, 4) is 0 Å². The van der Waals surface area contributed by atoms with Crippen LogP contribution in [0.2, 0.25) is 0 Å². The molecule has 0 radical (unpaired) electrons. The zero-order valence-electron chi connectivity index (χ0n) is 14.7. The van der Waals surface area contributed by atoms with E-state index in [1.807, 2.05) is 27.7 Å². The first-order valence-electron chi connectivity index (χ1n) is 8.23. The van der Waals surface area contributed by atoms with Gasteiger partial charge in [0.25, 0.3) is 11.5 Å². The van der Waals surface area contributed by atoms with Gasteiger partial charge < -0.3 is 9.88 Å². The van der Waals surface area contributed by atoms with E-state index in [2.05, 4.69) is 15.3 Å². The minimum atomic E-state index is -0.195. The van der Waals surface area contributed by atoms with Crippen molar-refractivity contribution in [3.05, 3.63) is 50.6 Å². The number of carbonyl (C=O) groups excluding carboxylic acids is 1. The van der Waals surface area contributed by atoms with Crippen LogP contribution in [0, 0.1) is 13.8 Å². The van der Waals surface area contributed by atoms with E-state index in [9.17, 15) is 9.59 Å². The molecule has 0 bridgehead atoms. The summed E-state index contributed by atoms with van der Waals surface area (Å²) >= 11 is 1.38. The lowest BCUT2D eigenvalue weighted by Crippen LogP contribution is -2.19. The van der Waals surface area contributed by atoms with Gasteiger partial charge in [-0.15, -0.1) is 11.3 Å². The highest BCUT2D eigenvalue weighted by Gasteiger charge is 2.19. The Morgan fingerprint density at radius 1 is 1.24 bits per heavy atom. The number of nitrogens with zero attached hydrogens (tertiary/aromatic N) is 3. The smallest absolute Gasteiger partial charge is 0.266 e. The van der Waals surface area contributed by atoms with E-state index in [0.717, 1.165) is 33.7 Å². The fraction of sp³-hybridized carbons (Fsp3) is 0.333. The van der Waals surface area contributed by atoms with E-state index in [1.165, 1.54) is 17.4 Å². The SMILES string of the molecule is CCc1nc(C)c2c(C)c(C(=O)Nc3ccc(=O)n(CC)c3)sc2n1. The average molecular weight is 356 g/mol. The highest BCUT2D eigenvalue weighted by molar-refractivity contribution is 7.20. The van der Waals surface area contributed by atoms with Crippen LogP contribution < -0.4 is 10.9 Å². The molecule has 130 valence electrons. The van der Waals surface area contributed by atoms with E-state index in [4.69, 9.17) is 0 Å².